The lowest BCUT2D eigenvalue weighted by atomic mass is 9.89. The number of hydrogen-bond acceptors (Lipinski definition) is 2. The number of rotatable bonds is 7. The van der Waals surface area contributed by atoms with Gasteiger partial charge in [0.25, 0.3) is 0 Å². The van der Waals surface area contributed by atoms with Crippen molar-refractivity contribution in [2.24, 2.45) is 5.73 Å². The highest BCUT2D eigenvalue weighted by Crippen LogP contribution is 2.19. The van der Waals surface area contributed by atoms with E-state index in [0.29, 0.717) is 6.42 Å². The second-order valence-corrected chi connectivity index (χ2v) is 3.96. The molecule has 88 valence electrons. The fourth-order valence-corrected chi connectivity index (χ4v) is 1.66. The van der Waals surface area contributed by atoms with Crippen molar-refractivity contribution < 1.29 is 4.79 Å². The molecule has 0 aromatic rings. The molecule has 0 fully saturated rings. The smallest absolute Gasteiger partial charge is 0.237 e. The molecule has 3 nitrogen and oxygen atoms in total. The van der Waals surface area contributed by atoms with Crippen molar-refractivity contribution in [1.29, 1.82) is 0 Å². The average Bonchev–Trinajstić information content (AvgIpc) is 2.26. The van der Waals surface area contributed by atoms with Crippen LogP contribution in [0.25, 0.3) is 0 Å². The molecule has 0 rings (SSSR count). The van der Waals surface area contributed by atoms with E-state index in [4.69, 9.17) is 5.73 Å². The Balaban J connectivity index is 4.40. The first-order chi connectivity index (χ1) is 7.05. The Morgan fingerprint density at radius 3 is 2.20 bits per heavy atom. The minimum Gasteiger partial charge on any atom is -0.349 e. The number of hydrogen-bond donors (Lipinski definition) is 2. The maximum atomic E-state index is 11.7. The number of carbonyl (C=O) groups excluding carboxylic acids is 1. The molecule has 1 amide bonds. The van der Waals surface area contributed by atoms with Crippen molar-refractivity contribution in [3.05, 3.63) is 12.7 Å². The average molecular weight is 212 g/mol. The van der Waals surface area contributed by atoms with Crippen LogP contribution < -0.4 is 11.1 Å². The Hall–Kier alpha value is -0.830. The molecule has 0 aromatic carbocycles. The molecule has 0 saturated heterocycles. The molecule has 0 bridgehead atoms. The molecule has 15 heavy (non-hydrogen) atoms. The van der Waals surface area contributed by atoms with E-state index in [2.05, 4.69) is 32.7 Å². The Morgan fingerprint density at radius 2 is 1.87 bits per heavy atom. The number of carbonyl (C=O) groups is 1. The number of amides is 1. The largest absolute Gasteiger partial charge is 0.349 e. The van der Waals surface area contributed by atoms with Gasteiger partial charge in [-0.2, -0.15) is 0 Å². The SMILES string of the molecule is C=CCC(N)C(=O)NC(CC)(CC)CC. The van der Waals surface area contributed by atoms with Crippen molar-refractivity contribution in [2.45, 2.75) is 58.0 Å². The normalized spacial score (nSPS) is 13.3. The van der Waals surface area contributed by atoms with Crippen LogP contribution in [0, 0.1) is 0 Å². The van der Waals surface area contributed by atoms with E-state index < -0.39 is 6.04 Å². The van der Waals surface area contributed by atoms with Gasteiger partial charge in [0.1, 0.15) is 0 Å². The summed E-state index contributed by atoms with van der Waals surface area (Å²) in [4.78, 5) is 11.7. The Morgan fingerprint density at radius 1 is 1.40 bits per heavy atom. The molecular formula is C12H24N2O. The first kappa shape index (κ1) is 14.2. The van der Waals surface area contributed by atoms with E-state index in [1.54, 1.807) is 6.08 Å². The van der Waals surface area contributed by atoms with E-state index in [0.717, 1.165) is 19.3 Å². The third-order valence-electron chi connectivity index (χ3n) is 3.18. The van der Waals surface area contributed by atoms with Crippen molar-refractivity contribution in [3.63, 3.8) is 0 Å². The predicted molar refractivity (Wildman–Crippen MR) is 64.5 cm³/mol. The molecule has 0 saturated carbocycles. The maximum absolute atomic E-state index is 11.7. The van der Waals surface area contributed by atoms with Crippen LogP contribution in [-0.2, 0) is 4.79 Å². The van der Waals surface area contributed by atoms with Crippen LogP contribution in [0.1, 0.15) is 46.5 Å². The second kappa shape index (κ2) is 6.62. The second-order valence-electron chi connectivity index (χ2n) is 3.96. The molecule has 0 radical (unpaired) electrons. The zero-order valence-electron chi connectivity index (χ0n) is 10.2. The minimum atomic E-state index is -0.466. The summed E-state index contributed by atoms with van der Waals surface area (Å²) in [5.74, 6) is -0.0690. The van der Waals surface area contributed by atoms with Gasteiger partial charge < -0.3 is 11.1 Å². The van der Waals surface area contributed by atoms with E-state index in [9.17, 15) is 4.79 Å². The molecule has 0 heterocycles. The summed E-state index contributed by atoms with van der Waals surface area (Å²) in [5.41, 5.74) is 5.63. The molecule has 0 aliphatic rings. The first-order valence-electron chi connectivity index (χ1n) is 5.73. The van der Waals surface area contributed by atoms with Crippen LogP contribution >= 0.6 is 0 Å². The zero-order valence-corrected chi connectivity index (χ0v) is 10.2. The van der Waals surface area contributed by atoms with Crippen LogP contribution in [0.3, 0.4) is 0 Å². The highest BCUT2D eigenvalue weighted by atomic mass is 16.2. The predicted octanol–water partition coefficient (Wildman–Crippen LogP) is 1.97. The molecule has 1 unspecified atom stereocenters. The summed E-state index contributed by atoms with van der Waals surface area (Å²) in [5, 5.41) is 3.05. The van der Waals surface area contributed by atoms with Gasteiger partial charge >= 0.3 is 0 Å². The zero-order chi connectivity index (χ0) is 11.9. The standard InChI is InChI=1S/C12H24N2O/c1-5-9-10(13)11(15)14-12(6-2,7-3)8-4/h5,10H,1,6-9,13H2,2-4H3,(H,14,15). The molecule has 0 aliphatic carbocycles. The Labute approximate surface area is 93.1 Å². The molecule has 0 spiro atoms. The monoisotopic (exact) mass is 212 g/mol. The maximum Gasteiger partial charge on any atom is 0.237 e. The first-order valence-corrected chi connectivity index (χ1v) is 5.73. The van der Waals surface area contributed by atoms with Crippen LogP contribution in [-0.4, -0.2) is 17.5 Å². The van der Waals surface area contributed by atoms with Crippen molar-refractivity contribution in [2.75, 3.05) is 0 Å². The summed E-state index contributed by atoms with van der Waals surface area (Å²) < 4.78 is 0. The summed E-state index contributed by atoms with van der Waals surface area (Å²) in [6.45, 7) is 9.85. The molecule has 0 aromatic heterocycles. The van der Waals surface area contributed by atoms with Gasteiger partial charge in [-0.25, -0.2) is 0 Å². The van der Waals surface area contributed by atoms with Crippen LogP contribution in [0.4, 0.5) is 0 Å². The van der Waals surface area contributed by atoms with Crippen LogP contribution in [0.5, 0.6) is 0 Å². The van der Waals surface area contributed by atoms with Crippen LogP contribution in [0.2, 0.25) is 0 Å². The molecule has 0 aliphatic heterocycles. The van der Waals surface area contributed by atoms with Gasteiger partial charge in [0.2, 0.25) is 5.91 Å². The summed E-state index contributed by atoms with van der Waals surface area (Å²) in [7, 11) is 0. The van der Waals surface area contributed by atoms with Gasteiger partial charge in [0, 0.05) is 5.54 Å². The molecular weight excluding hydrogens is 188 g/mol. The summed E-state index contributed by atoms with van der Waals surface area (Å²) in [6, 6.07) is -0.466. The lowest BCUT2D eigenvalue weighted by Gasteiger charge is -2.32. The van der Waals surface area contributed by atoms with Gasteiger partial charge in [0.05, 0.1) is 6.04 Å². The van der Waals surface area contributed by atoms with Crippen molar-refractivity contribution in [3.8, 4) is 0 Å². The fraction of sp³-hybridized carbons (Fsp3) is 0.750. The topological polar surface area (TPSA) is 55.1 Å². The van der Waals surface area contributed by atoms with E-state index in [1.165, 1.54) is 0 Å². The quantitative estimate of drug-likeness (QED) is 0.634. The van der Waals surface area contributed by atoms with Crippen LogP contribution in [0.15, 0.2) is 12.7 Å². The fourth-order valence-electron chi connectivity index (χ4n) is 1.66. The van der Waals surface area contributed by atoms with E-state index in [1.807, 2.05) is 0 Å². The highest BCUT2D eigenvalue weighted by Gasteiger charge is 2.27. The Kier molecular flexibility index (Phi) is 6.25. The third kappa shape index (κ3) is 4.04. The van der Waals surface area contributed by atoms with Gasteiger partial charge in [0.15, 0.2) is 0 Å². The summed E-state index contributed by atoms with van der Waals surface area (Å²) >= 11 is 0. The van der Waals surface area contributed by atoms with E-state index >= 15 is 0 Å². The Bertz CT molecular complexity index is 201. The van der Waals surface area contributed by atoms with E-state index in [-0.39, 0.29) is 11.4 Å². The minimum absolute atomic E-state index is 0.0690. The summed E-state index contributed by atoms with van der Waals surface area (Å²) in [6.07, 6.45) is 5.01. The molecule has 1 atom stereocenters. The van der Waals surface area contributed by atoms with Crippen molar-refractivity contribution in [1.82, 2.24) is 5.32 Å². The highest BCUT2D eigenvalue weighted by molar-refractivity contribution is 5.82. The third-order valence-corrected chi connectivity index (χ3v) is 3.18. The van der Waals surface area contributed by atoms with Gasteiger partial charge in [-0.15, -0.1) is 6.58 Å². The van der Waals surface area contributed by atoms with Gasteiger partial charge in [-0.05, 0) is 25.7 Å². The lowest BCUT2D eigenvalue weighted by molar-refractivity contribution is -0.124. The lowest BCUT2D eigenvalue weighted by Crippen LogP contribution is -2.52. The van der Waals surface area contributed by atoms with Gasteiger partial charge in [-0.3, -0.25) is 4.79 Å². The van der Waals surface area contributed by atoms with Gasteiger partial charge in [-0.1, -0.05) is 26.8 Å². The molecule has 3 N–H and O–H groups in total. The molecule has 3 heteroatoms. The number of nitrogens with one attached hydrogen (secondary N) is 1. The van der Waals surface area contributed by atoms with Crippen molar-refractivity contribution >= 4 is 5.91 Å². The number of nitrogens with two attached hydrogens (primary N) is 1.